The summed E-state index contributed by atoms with van der Waals surface area (Å²) < 4.78 is 31.9. The number of nitrogens with one attached hydrogen (secondary N) is 1. The van der Waals surface area contributed by atoms with Crippen molar-refractivity contribution in [2.75, 3.05) is 6.54 Å². The van der Waals surface area contributed by atoms with Crippen LogP contribution in [0.3, 0.4) is 0 Å². The van der Waals surface area contributed by atoms with Crippen molar-refractivity contribution in [2.24, 2.45) is 0 Å². The van der Waals surface area contributed by atoms with E-state index >= 15 is 0 Å². The zero-order chi connectivity index (χ0) is 20.9. The topological polar surface area (TPSA) is 76.4 Å². The number of sulfone groups is 1. The van der Waals surface area contributed by atoms with Gasteiger partial charge in [0.05, 0.1) is 11.2 Å². The SMILES string of the molecule is Cc1ccc(S(=O)(=O)[C@H](CNC(=O)/C=C/c2ccccc2)c2ccco2)cc1C. The van der Waals surface area contributed by atoms with Crippen LogP contribution in [0.5, 0.6) is 0 Å². The van der Waals surface area contributed by atoms with Gasteiger partial charge in [0.15, 0.2) is 9.84 Å². The Kier molecular flexibility index (Phi) is 6.34. The van der Waals surface area contributed by atoms with E-state index in [2.05, 4.69) is 5.32 Å². The van der Waals surface area contributed by atoms with Crippen LogP contribution in [0.1, 0.15) is 27.7 Å². The van der Waals surface area contributed by atoms with Crippen molar-refractivity contribution in [3.05, 3.63) is 95.5 Å². The van der Waals surface area contributed by atoms with E-state index in [1.54, 1.807) is 36.4 Å². The summed E-state index contributed by atoms with van der Waals surface area (Å²) in [6, 6.07) is 17.7. The van der Waals surface area contributed by atoms with E-state index in [0.29, 0.717) is 0 Å². The number of carbonyl (C=O) groups is 1. The van der Waals surface area contributed by atoms with Crippen molar-refractivity contribution in [3.63, 3.8) is 0 Å². The van der Waals surface area contributed by atoms with Gasteiger partial charge in [-0.2, -0.15) is 0 Å². The standard InChI is InChI=1S/C23H23NO4S/c1-17-10-12-20(15-18(17)2)29(26,27)22(21-9-6-14-28-21)16-24-23(25)13-11-19-7-4-3-5-8-19/h3-15,22H,16H2,1-2H3,(H,24,25)/b13-11+/t22-/m1/s1. The number of hydrogen-bond donors (Lipinski definition) is 1. The third-order valence-corrected chi connectivity index (χ3v) is 6.79. The van der Waals surface area contributed by atoms with E-state index in [4.69, 9.17) is 4.42 Å². The summed E-state index contributed by atoms with van der Waals surface area (Å²) in [4.78, 5) is 12.4. The van der Waals surface area contributed by atoms with Gasteiger partial charge in [-0.25, -0.2) is 8.42 Å². The third kappa shape index (κ3) is 5.03. The molecule has 2 aromatic carbocycles. The lowest BCUT2D eigenvalue weighted by Crippen LogP contribution is -2.30. The van der Waals surface area contributed by atoms with Gasteiger partial charge in [0.2, 0.25) is 5.91 Å². The Morgan fingerprint density at radius 1 is 1.03 bits per heavy atom. The van der Waals surface area contributed by atoms with E-state index < -0.39 is 15.1 Å². The molecule has 0 aliphatic carbocycles. The van der Waals surface area contributed by atoms with Crippen LogP contribution in [0.2, 0.25) is 0 Å². The van der Waals surface area contributed by atoms with Crippen molar-refractivity contribution >= 4 is 21.8 Å². The zero-order valence-electron chi connectivity index (χ0n) is 16.3. The second-order valence-electron chi connectivity index (χ2n) is 6.78. The highest BCUT2D eigenvalue weighted by Gasteiger charge is 2.31. The predicted molar refractivity (Wildman–Crippen MR) is 113 cm³/mol. The van der Waals surface area contributed by atoms with Crippen LogP contribution in [-0.2, 0) is 14.6 Å². The first-order valence-electron chi connectivity index (χ1n) is 9.23. The summed E-state index contributed by atoms with van der Waals surface area (Å²) in [5.74, 6) is -0.0868. The molecule has 3 aromatic rings. The summed E-state index contributed by atoms with van der Waals surface area (Å²) in [5, 5.41) is 1.66. The highest BCUT2D eigenvalue weighted by molar-refractivity contribution is 7.91. The molecule has 3 rings (SSSR count). The number of benzene rings is 2. The number of rotatable bonds is 7. The molecule has 1 atom stereocenters. The van der Waals surface area contributed by atoms with Gasteiger partial charge in [-0.15, -0.1) is 0 Å². The largest absolute Gasteiger partial charge is 0.468 e. The molecule has 6 heteroatoms. The quantitative estimate of drug-likeness (QED) is 0.592. The first kappa shape index (κ1) is 20.6. The number of hydrogen-bond acceptors (Lipinski definition) is 4. The number of aryl methyl sites for hydroxylation is 2. The normalized spacial score (nSPS) is 12.8. The minimum Gasteiger partial charge on any atom is -0.468 e. The Morgan fingerprint density at radius 2 is 1.79 bits per heavy atom. The molecule has 0 bridgehead atoms. The van der Waals surface area contributed by atoms with Crippen LogP contribution in [0.25, 0.3) is 6.08 Å². The van der Waals surface area contributed by atoms with Crippen molar-refractivity contribution in [1.29, 1.82) is 0 Å². The average Bonchev–Trinajstić information content (AvgIpc) is 3.23. The Morgan fingerprint density at radius 3 is 2.45 bits per heavy atom. The zero-order valence-corrected chi connectivity index (χ0v) is 17.1. The maximum absolute atomic E-state index is 13.3. The van der Waals surface area contributed by atoms with E-state index in [0.717, 1.165) is 16.7 Å². The molecule has 0 aliphatic rings. The van der Waals surface area contributed by atoms with Crippen molar-refractivity contribution in [1.82, 2.24) is 5.32 Å². The van der Waals surface area contributed by atoms with Gasteiger partial charge in [0.1, 0.15) is 11.0 Å². The fourth-order valence-corrected chi connectivity index (χ4v) is 4.55. The molecule has 5 nitrogen and oxygen atoms in total. The summed E-state index contributed by atoms with van der Waals surface area (Å²) in [5.41, 5.74) is 2.78. The van der Waals surface area contributed by atoms with Gasteiger partial charge in [-0.05, 0) is 60.9 Å². The van der Waals surface area contributed by atoms with E-state index in [-0.39, 0.29) is 23.1 Å². The summed E-state index contributed by atoms with van der Waals surface area (Å²) in [6.07, 6.45) is 4.49. The third-order valence-electron chi connectivity index (χ3n) is 4.73. The first-order chi connectivity index (χ1) is 13.9. The fraction of sp³-hybridized carbons (Fsp3) is 0.174. The van der Waals surface area contributed by atoms with Gasteiger partial charge >= 0.3 is 0 Å². The van der Waals surface area contributed by atoms with Crippen LogP contribution < -0.4 is 5.32 Å². The second-order valence-corrected chi connectivity index (χ2v) is 8.91. The van der Waals surface area contributed by atoms with Crippen LogP contribution >= 0.6 is 0 Å². The molecule has 1 heterocycles. The first-order valence-corrected chi connectivity index (χ1v) is 10.8. The van der Waals surface area contributed by atoms with Crippen LogP contribution in [-0.4, -0.2) is 20.9 Å². The van der Waals surface area contributed by atoms with Crippen molar-refractivity contribution < 1.29 is 17.6 Å². The maximum Gasteiger partial charge on any atom is 0.244 e. The Hall–Kier alpha value is -3.12. The number of amides is 1. The molecule has 0 spiro atoms. The molecule has 1 amide bonds. The Labute approximate surface area is 171 Å². The molecular weight excluding hydrogens is 386 g/mol. The van der Waals surface area contributed by atoms with Gasteiger partial charge in [0, 0.05) is 12.6 Å². The summed E-state index contributed by atoms with van der Waals surface area (Å²) >= 11 is 0. The van der Waals surface area contributed by atoms with Crippen molar-refractivity contribution in [2.45, 2.75) is 24.0 Å². The minimum atomic E-state index is -3.76. The van der Waals surface area contributed by atoms with E-state index in [1.165, 1.54) is 12.3 Å². The Balaban J connectivity index is 1.80. The lowest BCUT2D eigenvalue weighted by molar-refractivity contribution is -0.116. The molecule has 1 N–H and O–H groups in total. The van der Waals surface area contributed by atoms with E-state index in [1.807, 2.05) is 44.2 Å². The summed E-state index contributed by atoms with van der Waals surface area (Å²) in [7, 11) is -3.76. The average molecular weight is 410 g/mol. The highest BCUT2D eigenvalue weighted by atomic mass is 32.2. The lowest BCUT2D eigenvalue weighted by Gasteiger charge is -2.17. The Bertz CT molecular complexity index is 1100. The maximum atomic E-state index is 13.3. The van der Waals surface area contributed by atoms with Gasteiger partial charge < -0.3 is 9.73 Å². The second kappa shape index (κ2) is 8.92. The van der Waals surface area contributed by atoms with Crippen LogP contribution in [0.15, 0.2) is 82.3 Å². The molecule has 0 saturated heterocycles. The number of furan rings is 1. The fourth-order valence-electron chi connectivity index (χ4n) is 2.88. The molecule has 1 aromatic heterocycles. The molecule has 0 unspecified atom stereocenters. The lowest BCUT2D eigenvalue weighted by atomic mass is 10.1. The highest BCUT2D eigenvalue weighted by Crippen LogP contribution is 2.30. The molecular formula is C23H23NO4S. The smallest absolute Gasteiger partial charge is 0.244 e. The van der Waals surface area contributed by atoms with Gasteiger partial charge in [-0.1, -0.05) is 36.4 Å². The van der Waals surface area contributed by atoms with Crippen LogP contribution in [0, 0.1) is 13.8 Å². The molecule has 0 saturated carbocycles. The molecule has 29 heavy (non-hydrogen) atoms. The molecule has 0 fully saturated rings. The molecule has 0 radical (unpaired) electrons. The molecule has 0 aliphatic heterocycles. The van der Waals surface area contributed by atoms with Crippen molar-refractivity contribution in [3.8, 4) is 0 Å². The van der Waals surface area contributed by atoms with E-state index in [9.17, 15) is 13.2 Å². The predicted octanol–water partition coefficient (Wildman–Crippen LogP) is 4.24. The monoisotopic (exact) mass is 409 g/mol. The minimum absolute atomic E-state index is 0.0965. The summed E-state index contributed by atoms with van der Waals surface area (Å²) in [6.45, 7) is 3.70. The molecule has 150 valence electrons. The number of carbonyl (C=O) groups excluding carboxylic acids is 1. The van der Waals surface area contributed by atoms with Crippen LogP contribution in [0.4, 0.5) is 0 Å². The van der Waals surface area contributed by atoms with Gasteiger partial charge in [-0.3, -0.25) is 4.79 Å². The van der Waals surface area contributed by atoms with Gasteiger partial charge in [0.25, 0.3) is 0 Å².